The summed E-state index contributed by atoms with van der Waals surface area (Å²) in [6.07, 6.45) is 3.74. The molecule has 2 heterocycles. The van der Waals surface area contributed by atoms with E-state index in [2.05, 4.69) is 15.5 Å². The molecule has 7 heteroatoms. The highest BCUT2D eigenvalue weighted by Gasteiger charge is 2.43. The second kappa shape index (κ2) is 6.85. The van der Waals surface area contributed by atoms with Crippen LogP contribution in [0.4, 0.5) is 5.69 Å². The van der Waals surface area contributed by atoms with Gasteiger partial charge in [-0.1, -0.05) is 41.7 Å². The number of nitrogens with one attached hydrogen (secondary N) is 1. The molecule has 1 aliphatic carbocycles. The highest BCUT2D eigenvalue weighted by Crippen LogP contribution is 2.43. The summed E-state index contributed by atoms with van der Waals surface area (Å²) in [4.78, 5) is 18.4. The van der Waals surface area contributed by atoms with Gasteiger partial charge in [-0.25, -0.2) is 0 Å². The number of hydrogen-bond donors (Lipinski definition) is 1. The summed E-state index contributed by atoms with van der Waals surface area (Å²) in [7, 11) is 0. The predicted molar refractivity (Wildman–Crippen MR) is 103 cm³/mol. The fourth-order valence-corrected chi connectivity index (χ4v) is 4.49. The van der Waals surface area contributed by atoms with Gasteiger partial charge >= 0.3 is 0 Å². The number of benzene rings is 1. The summed E-state index contributed by atoms with van der Waals surface area (Å²) >= 11 is 7.50. The molecule has 0 aliphatic heterocycles. The molecular weight excluding hydrogens is 370 g/mol. The van der Waals surface area contributed by atoms with Crippen molar-refractivity contribution in [1.29, 1.82) is 0 Å². The molecule has 0 atom stereocenters. The Morgan fingerprint density at radius 1 is 1.23 bits per heavy atom. The van der Waals surface area contributed by atoms with Gasteiger partial charge in [0.15, 0.2) is 5.82 Å². The SMILES string of the molecule is Cc1noc(-c2sccc2NC(=O)C2(c3ccc(Cl)cc3)CCCC2)n1. The molecule has 4 rings (SSSR count). The van der Waals surface area contributed by atoms with Gasteiger partial charge in [0.05, 0.1) is 11.1 Å². The third kappa shape index (κ3) is 3.04. The predicted octanol–water partition coefficient (Wildman–Crippen LogP) is 5.21. The quantitative estimate of drug-likeness (QED) is 0.667. The molecule has 0 saturated heterocycles. The molecule has 1 aliphatic rings. The van der Waals surface area contributed by atoms with E-state index in [1.54, 1.807) is 6.92 Å². The monoisotopic (exact) mass is 387 g/mol. The smallest absolute Gasteiger partial charge is 0.270 e. The van der Waals surface area contributed by atoms with Gasteiger partial charge in [0.25, 0.3) is 5.89 Å². The first-order valence-electron chi connectivity index (χ1n) is 8.54. The van der Waals surface area contributed by atoms with E-state index < -0.39 is 5.41 Å². The van der Waals surface area contributed by atoms with Crippen LogP contribution in [0.25, 0.3) is 10.8 Å². The Hall–Kier alpha value is -2.18. The fourth-order valence-electron chi connectivity index (χ4n) is 3.60. The Kier molecular flexibility index (Phi) is 4.54. The van der Waals surface area contributed by atoms with Crippen LogP contribution < -0.4 is 5.32 Å². The van der Waals surface area contributed by atoms with Crippen molar-refractivity contribution in [2.75, 3.05) is 5.32 Å². The minimum atomic E-state index is -0.519. The van der Waals surface area contributed by atoms with Crippen LogP contribution in [0.2, 0.25) is 5.02 Å². The maximum Gasteiger partial charge on any atom is 0.270 e. The Balaban J connectivity index is 1.65. The van der Waals surface area contributed by atoms with Crippen LogP contribution in [-0.4, -0.2) is 16.0 Å². The summed E-state index contributed by atoms with van der Waals surface area (Å²) in [5.41, 5.74) is 1.21. The maximum absolute atomic E-state index is 13.3. The second-order valence-corrected chi connectivity index (χ2v) is 7.91. The minimum absolute atomic E-state index is 0.00760. The summed E-state index contributed by atoms with van der Waals surface area (Å²) in [6, 6.07) is 9.50. The van der Waals surface area contributed by atoms with Crippen LogP contribution in [0.15, 0.2) is 40.2 Å². The third-order valence-corrected chi connectivity index (χ3v) is 6.08. The molecule has 134 valence electrons. The number of amides is 1. The third-order valence-electron chi connectivity index (χ3n) is 4.92. The van der Waals surface area contributed by atoms with Crippen LogP contribution >= 0.6 is 22.9 Å². The van der Waals surface area contributed by atoms with Crippen LogP contribution in [0, 0.1) is 6.92 Å². The summed E-state index contributed by atoms with van der Waals surface area (Å²) < 4.78 is 5.26. The minimum Gasteiger partial charge on any atom is -0.333 e. The molecule has 2 aromatic heterocycles. The summed E-state index contributed by atoms with van der Waals surface area (Å²) in [5, 5.41) is 9.53. The number of halogens is 1. The molecule has 1 amide bonds. The lowest BCUT2D eigenvalue weighted by Crippen LogP contribution is -2.38. The molecule has 1 fully saturated rings. The Labute approximate surface area is 160 Å². The van der Waals surface area contributed by atoms with Gasteiger partial charge in [0, 0.05) is 5.02 Å². The largest absolute Gasteiger partial charge is 0.333 e. The molecular formula is C19H18ClN3O2S. The first-order chi connectivity index (χ1) is 12.6. The zero-order valence-electron chi connectivity index (χ0n) is 14.3. The van der Waals surface area contributed by atoms with Crippen molar-refractivity contribution in [2.24, 2.45) is 0 Å². The van der Waals surface area contributed by atoms with E-state index in [0.717, 1.165) is 36.1 Å². The van der Waals surface area contributed by atoms with Crippen molar-refractivity contribution in [1.82, 2.24) is 10.1 Å². The molecule has 26 heavy (non-hydrogen) atoms. The van der Waals surface area contributed by atoms with Crippen molar-refractivity contribution < 1.29 is 9.32 Å². The van der Waals surface area contributed by atoms with E-state index in [-0.39, 0.29) is 5.91 Å². The van der Waals surface area contributed by atoms with Crippen molar-refractivity contribution in [3.05, 3.63) is 52.1 Å². The van der Waals surface area contributed by atoms with Crippen molar-refractivity contribution in [3.8, 4) is 10.8 Å². The fraction of sp³-hybridized carbons (Fsp3) is 0.316. The van der Waals surface area contributed by atoms with E-state index in [1.807, 2.05) is 35.7 Å². The molecule has 0 unspecified atom stereocenters. The van der Waals surface area contributed by atoms with Gasteiger partial charge < -0.3 is 9.84 Å². The Morgan fingerprint density at radius 2 is 1.96 bits per heavy atom. The van der Waals surface area contributed by atoms with E-state index in [4.69, 9.17) is 16.1 Å². The standard InChI is InChI=1S/C19H18ClN3O2S/c1-12-21-17(25-23-12)16-15(8-11-26-16)22-18(24)19(9-2-3-10-19)13-4-6-14(20)7-5-13/h4-8,11H,2-3,9-10H2,1H3,(H,22,24). The topological polar surface area (TPSA) is 68.0 Å². The average molecular weight is 388 g/mol. The highest BCUT2D eigenvalue weighted by atomic mass is 35.5. The van der Waals surface area contributed by atoms with Gasteiger partial charge in [-0.05, 0) is 48.9 Å². The molecule has 1 N–H and O–H groups in total. The number of rotatable bonds is 4. The lowest BCUT2D eigenvalue weighted by Gasteiger charge is -2.28. The van der Waals surface area contributed by atoms with Crippen LogP contribution in [0.3, 0.4) is 0 Å². The molecule has 0 spiro atoms. The number of anilines is 1. The summed E-state index contributed by atoms with van der Waals surface area (Å²) in [5.74, 6) is 1.01. The number of aromatic nitrogens is 2. The number of carbonyl (C=O) groups is 1. The average Bonchev–Trinajstić information content (AvgIpc) is 3.36. The number of hydrogen-bond acceptors (Lipinski definition) is 5. The molecule has 0 radical (unpaired) electrons. The van der Waals surface area contributed by atoms with Crippen LogP contribution in [-0.2, 0) is 10.2 Å². The maximum atomic E-state index is 13.3. The van der Waals surface area contributed by atoms with Gasteiger partial charge in [0.1, 0.15) is 4.88 Å². The number of thiophene rings is 1. The molecule has 5 nitrogen and oxygen atoms in total. The first-order valence-corrected chi connectivity index (χ1v) is 9.80. The van der Waals surface area contributed by atoms with Crippen LogP contribution in [0.1, 0.15) is 37.1 Å². The molecule has 1 saturated carbocycles. The zero-order valence-corrected chi connectivity index (χ0v) is 15.9. The normalized spacial score (nSPS) is 15.9. The Morgan fingerprint density at radius 3 is 2.62 bits per heavy atom. The van der Waals surface area contributed by atoms with E-state index in [9.17, 15) is 4.79 Å². The van der Waals surface area contributed by atoms with Crippen molar-refractivity contribution in [3.63, 3.8) is 0 Å². The van der Waals surface area contributed by atoms with E-state index in [0.29, 0.717) is 22.4 Å². The van der Waals surface area contributed by atoms with Gasteiger partial charge in [-0.15, -0.1) is 11.3 Å². The zero-order chi connectivity index (χ0) is 18.1. The van der Waals surface area contributed by atoms with Crippen molar-refractivity contribution in [2.45, 2.75) is 38.0 Å². The van der Waals surface area contributed by atoms with Gasteiger partial charge in [0.2, 0.25) is 5.91 Å². The van der Waals surface area contributed by atoms with Gasteiger partial charge in [-0.2, -0.15) is 4.98 Å². The van der Waals surface area contributed by atoms with Crippen LogP contribution in [0.5, 0.6) is 0 Å². The van der Waals surface area contributed by atoms with E-state index >= 15 is 0 Å². The number of carbonyl (C=O) groups excluding carboxylic acids is 1. The highest BCUT2D eigenvalue weighted by molar-refractivity contribution is 7.14. The first kappa shape index (κ1) is 17.2. The number of aryl methyl sites for hydroxylation is 1. The van der Waals surface area contributed by atoms with Gasteiger partial charge in [-0.3, -0.25) is 4.79 Å². The lowest BCUT2D eigenvalue weighted by atomic mass is 9.78. The Bertz CT molecular complexity index is 926. The summed E-state index contributed by atoms with van der Waals surface area (Å²) in [6.45, 7) is 1.77. The molecule has 1 aromatic carbocycles. The second-order valence-electron chi connectivity index (χ2n) is 6.56. The lowest BCUT2D eigenvalue weighted by molar-refractivity contribution is -0.121. The molecule has 3 aromatic rings. The number of nitrogens with zero attached hydrogens (tertiary/aromatic N) is 2. The van der Waals surface area contributed by atoms with Crippen molar-refractivity contribution >= 4 is 34.5 Å². The van der Waals surface area contributed by atoms with E-state index in [1.165, 1.54) is 11.3 Å². The molecule has 0 bridgehead atoms.